The van der Waals surface area contributed by atoms with Crippen molar-refractivity contribution < 1.29 is 9.47 Å². The predicted octanol–water partition coefficient (Wildman–Crippen LogP) is 7.72. The molecule has 0 amide bonds. The van der Waals surface area contributed by atoms with Gasteiger partial charge in [0.1, 0.15) is 5.75 Å². The molecule has 2 atom stereocenters. The summed E-state index contributed by atoms with van der Waals surface area (Å²) in [7, 11) is 0. The highest BCUT2D eigenvalue weighted by Gasteiger charge is 2.56. The monoisotopic (exact) mass is 410 g/mol. The van der Waals surface area contributed by atoms with Crippen LogP contribution in [0.2, 0.25) is 0 Å². The first kappa shape index (κ1) is 20.9. The highest BCUT2D eigenvalue weighted by Crippen LogP contribution is 2.62. The Morgan fingerprint density at radius 3 is 2.07 bits per heavy atom. The molecule has 2 heteroatoms. The molecule has 0 N–H and O–H groups in total. The fourth-order valence-electron chi connectivity index (χ4n) is 7.61. The van der Waals surface area contributed by atoms with Crippen LogP contribution in [0.1, 0.15) is 102 Å². The number of benzene rings is 1. The second-order valence-electron chi connectivity index (χ2n) is 11.4. The Morgan fingerprint density at radius 1 is 0.900 bits per heavy atom. The van der Waals surface area contributed by atoms with Crippen LogP contribution in [0.5, 0.6) is 5.75 Å². The van der Waals surface area contributed by atoms with E-state index in [9.17, 15) is 0 Å². The van der Waals surface area contributed by atoms with Crippen molar-refractivity contribution in [1.82, 2.24) is 0 Å². The zero-order valence-corrected chi connectivity index (χ0v) is 19.3. The van der Waals surface area contributed by atoms with Crippen molar-refractivity contribution >= 4 is 0 Å². The van der Waals surface area contributed by atoms with Crippen LogP contribution in [0.3, 0.4) is 0 Å². The molecule has 5 aliphatic rings. The van der Waals surface area contributed by atoms with E-state index in [0.717, 1.165) is 36.0 Å². The van der Waals surface area contributed by atoms with E-state index >= 15 is 0 Å². The van der Waals surface area contributed by atoms with Crippen LogP contribution in [0.15, 0.2) is 24.3 Å². The van der Waals surface area contributed by atoms with Crippen molar-refractivity contribution in [3.8, 4) is 5.75 Å². The first-order valence-electron chi connectivity index (χ1n) is 13.0. The number of hydrogen-bond acceptors (Lipinski definition) is 2. The van der Waals surface area contributed by atoms with Gasteiger partial charge in [0.25, 0.3) is 0 Å². The van der Waals surface area contributed by atoms with Gasteiger partial charge in [-0.25, -0.2) is 0 Å². The summed E-state index contributed by atoms with van der Waals surface area (Å²) in [5.41, 5.74) is 1.68. The van der Waals surface area contributed by atoms with Crippen LogP contribution in [-0.2, 0) is 4.74 Å². The van der Waals surface area contributed by atoms with Crippen LogP contribution in [0, 0.1) is 29.1 Å². The van der Waals surface area contributed by atoms with Crippen molar-refractivity contribution in [2.75, 3.05) is 6.61 Å². The average Bonchev–Trinajstić information content (AvgIpc) is 2.76. The molecule has 1 aromatic rings. The van der Waals surface area contributed by atoms with Crippen LogP contribution >= 0.6 is 0 Å². The minimum Gasteiger partial charge on any atom is -0.464 e. The molecular weight excluding hydrogens is 368 g/mol. The lowest BCUT2D eigenvalue weighted by molar-refractivity contribution is -0.220. The maximum atomic E-state index is 6.75. The summed E-state index contributed by atoms with van der Waals surface area (Å²) >= 11 is 0. The highest BCUT2D eigenvalue weighted by molar-refractivity contribution is 5.29. The largest absolute Gasteiger partial charge is 0.464 e. The Hall–Kier alpha value is -1.02. The van der Waals surface area contributed by atoms with Gasteiger partial charge in [0.2, 0.25) is 6.29 Å². The van der Waals surface area contributed by atoms with E-state index in [1.165, 1.54) is 82.6 Å². The summed E-state index contributed by atoms with van der Waals surface area (Å²) < 4.78 is 13.5. The third-order valence-corrected chi connectivity index (χ3v) is 9.10. The Bertz CT molecular complexity index is 652. The molecule has 0 saturated heterocycles. The molecule has 6 rings (SSSR count). The van der Waals surface area contributed by atoms with Gasteiger partial charge < -0.3 is 9.47 Å². The van der Waals surface area contributed by atoms with E-state index in [0.29, 0.717) is 5.92 Å². The summed E-state index contributed by atoms with van der Waals surface area (Å²) in [5.74, 6) is 5.13. The molecule has 0 heterocycles. The van der Waals surface area contributed by atoms with Gasteiger partial charge in [0.15, 0.2) is 0 Å². The fraction of sp³-hybridized carbons (Fsp3) is 0.786. The summed E-state index contributed by atoms with van der Waals surface area (Å²) in [5, 5.41) is 0. The Morgan fingerprint density at radius 2 is 1.50 bits per heavy atom. The number of ether oxygens (including phenoxy) is 2. The van der Waals surface area contributed by atoms with Gasteiger partial charge in [-0.15, -0.1) is 0 Å². The maximum absolute atomic E-state index is 6.75. The van der Waals surface area contributed by atoms with E-state index in [-0.39, 0.29) is 11.7 Å². The molecule has 5 fully saturated rings. The molecule has 5 saturated carbocycles. The van der Waals surface area contributed by atoms with Crippen LogP contribution < -0.4 is 4.74 Å². The van der Waals surface area contributed by atoms with Crippen LogP contribution in [-0.4, -0.2) is 12.9 Å². The average molecular weight is 411 g/mol. The molecule has 166 valence electrons. The third kappa shape index (κ3) is 4.31. The topological polar surface area (TPSA) is 18.5 Å². The zero-order chi connectivity index (χ0) is 20.6. The molecule has 30 heavy (non-hydrogen) atoms. The smallest absolute Gasteiger partial charge is 0.205 e. The molecule has 5 aliphatic carbocycles. The van der Waals surface area contributed by atoms with Gasteiger partial charge in [-0.3, -0.25) is 0 Å². The lowest BCUT2D eigenvalue weighted by Gasteiger charge is -2.58. The quantitative estimate of drug-likeness (QED) is 0.408. The van der Waals surface area contributed by atoms with Gasteiger partial charge in [-0.2, -0.15) is 0 Å². The van der Waals surface area contributed by atoms with Gasteiger partial charge in [0.05, 0.1) is 6.61 Å². The molecular formula is C28H42O2. The van der Waals surface area contributed by atoms with Crippen molar-refractivity contribution in [2.24, 2.45) is 29.1 Å². The molecule has 4 bridgehead atoms. The van der Waals surface area contributed by atoms with Crippen LogP contribution in [0.25, 0.3) is 0 Å². The summed E-state index contributed by atoms with van der Waals surface area (Å²) in [6.07, 6.45) is 16.4. The van der Waals surface area contributed by atoms with E-state index < -0.39 is 0 Å². The molecule has 0 aliphatic heterocycles. The fourth-order valence-corrected chi connectivity index (χ4v) is 7.61. The summed E-state index contributed by atoms with van der Waals surface area (Å²) in [4.78, 5) is 0. The lowest BCUT2D eigenvalue weighted by atomic mass is 9.49. The van der Waals surface area contributed by atoms with Gasteiger partial charge in [-0.1, -0.05) is 45.2 Å². The second kappa shape index (κ2) is 8.85. The Kier molecular flexibility index (Phi) is 6.15. The second-order valence-corrected chi connectivity index (χ2v) is 11.4. The Balaban J connectivity index is 1.33. The molecule has 2 unspecified atom stereocenters. The van der Waals surface area contributed by atoms with Gasteiger partial charge in [0, 0.05) is 5.41 Å². The summed E-state index contributed by atoms with van der Waals surface area (Å²) in [6.45, 7) is 5.47. The molecule has 0 aromatic heterocycles. The van der Waals surface area contributed by atoms with Gasteiger partial charge in [-0.05, 0) is 105 Å². The van der Waals surface area contributed by atoms with Crippen LogP contribution in [0.4, 0.5) is 0 Å². The zero-order valence-electron chi connectivity index (χ0n) is 19.3. The third-order valence-electron chi connectivity index (χ3n) is 9.10. The van der Waals surface area contributed by atoms with E-state index in [2.05, 4.69) is 38.1 Å². The van der Waals surface area contributed by atoms with E-state index in [1.54, 1.807) is 0 Å². The number of rotatable bonds is 8. The first-order valence-corrected chi connectivity index (χ1v) is 13.0. The Labute approximate surface area is 184 Å². The first-order chi connectivity index (χ1) is 14.6. The van der Waals surface area contributed by atoms with E-state index in [4.69, 9.17) is 9.47 Å². The number of hydrogen-bond donors (Lipinski definition) is 0. The molecule has 2 nitrogen and oxygen atoms in total. The minimum atomic E-state index is -0.0534. The highest BCUT2D eigenvalue weighted by atomic mass is 16.7. The lowest BCUT2D eigenvalue weighted by Crippen LogP contribution is -2.54. The molecule has 0 spiro atoms. The van der Waals surface area contributed by atoms with Crippen molar-refractivity contribution in [1.29, 1.82) is 0 Å². The molecule has 1 aromatic carbocycles. The summed E-state index contributed by atoms with van der Waals surface area (Å²) in [6, 6.07) is 8.92. The standard InChI is InChI=1S/C28H42O2/c1-3-20(2)25-9-11-26(12-10-25)30-27(29-19-21-7-5-4-6-8-21)28-16-22-13-23(17-28)15-24(14-22)18-28/h9-12,20-24,27H,3-8,13-19H2,1-2H3. The minimum absolute atomic E-state index is 0.0534. The van der Waals surface area contributed by atoms with Gasteiger partial charge >= 0.3 is 0 Å². The molecule has 0 radical (unpaired) electrons. The van der Waals surface area contributed by atoms with Crippen molar-refractivity contribution in [3.63, 3.8) is 0 Å². The van der Waals surface area contributed by atoms with Crippen molar-refractivity contribution in [2.45, 2.75) is 103 Å². The normalized spacial score (nSPS) is 35.3. The predicted molar refractivity (Wildman–Crippen MR) is 123 cm³/mol. The SMILES string of the molecule is CCC(C)c1ccc(OC(OCC2CCCCC2)C23CC4CC(CC(C4)C2)C3)cc1. The van der Waals surface area contributed by atoms with Crippen molar-refractivity contribution in [3.05, 3.63) is 29.8 Å². The van der Waals surface area contributed by atoms with E-state index in [1.807, 2.05) is 0 Å². The maximum Gasteiger partial charge on any atom is 0.205 e.